The molecular weight excluding hydrogens is 960 g/mol. The third-order valence-electron chi connectivity index (χ3n) is 15.1. The fourth-order valence-corrected chi connectivity index (χ4v) is 10.7. The minimum atomic E-state index is -4.57. The first kappa shape index (κ1) is 74.5. The van der Waals surface area contributed by atoms with Gasteiger partial charge in [0.15, 0.2) is 0 Å². The molecule has 3 atom stereocenters. The van der Waals surface area contributed by atoms with Gasteiger partial charge in [-0.1, -0.05) is 313 Å². The van der Waals surface area contributed by atoms with Gasteiger partial charge in [-0.25, -0.2) is 0 Å². The lowest BCUT2D eigenvalue weighted by Gasteiger charge is -2.30. The summed E-state index contributed by atoms with van der Waals surface area (Å²) in [4.78, 5) is 25.5. The van der Waals surface area contributed by atoms with Crippen LogP contribution in [0.4, 0.5) is 0 Å². The molecule has 448 valence electrons. The van der Waals surface area contributed by atoms with E-state index < -0.39 is 20.0 Å². The Labute approximate surface area is 473 Å². The zero-order valence-electron chi connectivity index (χ0n) is 51.2. The number of quaternary nitrogens is 1. The summed E-state index contributed by atoms with van der Waals surface area (Å²) in [7, 11) is 1.32. The zero-order chi connectivity index (χ0) is 55.6. The number of allylic oxidation sites excluding steroid dienone is 8. The first-order valence-electron chi connectivity index (χ1n) is 33.0. The van der Waals surface area contributed by atoms with Crippen LogP contribution in [0, 0.1) is 0 Å². The summed E-state index contributed by atoms with van der Waals surface area (Å²) in [6.45, 7) is 4.64. The van der Waals surface area contributed by atoms with Crippen LogP contribution in [-0.4, -0.2) is 68.5 Å². The largest absolute Gasteiger partial charge is 0.756 e. The van der Waals surface area contributed by atoms with Gasteiger partial charge < -0.3 is 28.8 Å². The Morgan fingerprint density at radius 3 is 1.17 bits per heavy atom. The zero-order valence-corrected chi connectivity index (χ0v) is 52.1. The van der Waals surface area contributed by atoms with E-state index in [1.165, 1.54) is 231 Å². The van der Waals surface area contributed by atoms with Gasteiger partial charge in [0.1, 0.15) is 13.2 Å². The standard InChI is InChI=1S/C67H129N2O6P/c1-6-8-10-12-14-16-18-20-21-22-23-24-25-26-27-28-29-30-31-32-33-34-35-36-37-38-39-40-41-42-43-44-45-46-47-49-51-53-55-57-59-61-67(71)68-65(64-75-76(72,73)74-63-62-69(3,4)5)66(70)60-58-56-54-52-50-48-19-17-15-13-11-9-7-2/h8,10,14,16,20-21,23-24,65-66,70H,6-7,9,11-13,15,17-19,22,25-64H2,1-5H3,(H-,68,71,72,73)/b10-8-,16-14-,21-20-,24-23-. The van der Waals surface area contributed by atoms with Crippen molar-refractivity contribution < 1.29 is 32.9 Å². The topological polar surface area (TPSA) is 108 Å². The number of hydrogen-bond acceptors (Lipinski definition) is 6. The lowest BCUT2D eigenvalue weighted by Crippen LogP contribution is -2.46. The van der Waals surface area contributed by atoms with Gasteiger partial charge in [0, 0.05) is 6.42 Å². The highest BCUT2D eigenvalue weighted by molar-refractivity contribution is 7.45. The van der Waals surface area contributed by atoms with E-state index in [2.05, 4.69) is 67.8 Å². The van der Waals surface area contributed by atoms with Gasteiger partial charge >= 0.3 is 0 Å². The Hall–Kier alpha value is -1.54. The van der Waals surface area contributed by atoms with Crippen molar-refractivity contribution >= 4 is 13.7 Å². The maximum absolute atomic E-state index is 13.0. The number of hydrogen-bond donors (Lipinski definition) is 2. The molecule has 0 bridgehead atoms. The molecule has 3 unspecified atom stereocenters. The summed E-state index contributed by atoms with van der Waals surface area (Å²) < 4.78 is 23.4. The fraction of sp³-hybridized carbons (Fsp3) is 0.866. The maximum atomic E-state index is 13.0. The molecule has 9 heteroatoms. The van der Waals surface area contributed by atoms with Crippen LogP contribution in [-0.2, 0) is 18.4 Å². The molecule has 0 rings (SSSR count). The normalized spacial score (nSPS) is 14.0. The molecule has 0 heterocycles. The quantitative estimate of drug-likeness (QED) is 0.0272. The van der Waals surface area contributed by atoms with Crippen LogP contribution in [0.5, 0.6) is 0 Å². The van der Waals surface area contributed by atoms with Crippen LogP contribution in [0.2, 0.25) is 0 Å². The van der Waals surface area contributed by atoms with Gasteiger partial charge in [-0.15, -0.1) is 0 Å². The molecule has 0 aromatic heterocycles. The number of phosphoric acid groups is 1. The van der Waals surface area contributed by atoms with E-state index in [1.807, 2.05) is 21.1 Å². The fourth-order valence-electron chi connectivity index (χ4n) is 9.98. The predicted molar refractivity (Wildman–Crippen MR) is 330 cm³/mol. The van der Waals surface area contributed by atoms with E-state index in [1.54, 1.807) is 0 Å². The second-order valence-corrected chi connectivity index (χ2v) is 25.2. The Bertz CT molecular complexity index is 1380. The molecular formula is C67H129N2O6P. The van der Waals surface area contributed by atoms with Gasteiger partial charge in [-0.2, -0.15) is 0 Å². The van der Waals surface area contributed by atoms with Crippen molar-refractivity contribution in [3.63, 3.8) is 0 Å². The lowest BCUT2D eigenvalue weighted by atomic mass is 10.0. The number of unbranched alkanes of at least 4 members (excludes halogenated alkanes) is 40. The molecule has 0 aliphatic rings. The van der Waals surface area contributed by atoms with Gasteiger partial charge in [0.2, 0.25) is 5.91 Å². The van der Waals surface area contributed by atoms with Crippen LogP contribution < -0.4 is 10.2 Å². The highest BCUT2D eigenvalue weighted by Gasteiger charge is 2.24. The average Bonchev–Trinajstić information content (AvgIpc) is 3.38. The van der Waals surface area contributed by atoms with E-state index >= 15 is 0 Å². The molecule has 0 saturated carbocycles. The second-order valence-electron chi connectivity index (χ2n) is 23.8. The van der Waals surface area contributed by atoms with Crippen LogP contribution >= 0.6 is 7.82 Å². The van der Waals surface area contributed by atoms with Crippen molar-refractivity contribution in [3.8, 4) is 0 Å². The average molecular weight is 1090 g/mol. The van der Waals surface area contributed by atoms with Crippen molar-refractivity contribution in [3.05, 3.63) is 48.6 Å². The molecule has 8 nitrogen and oxygen atoms in total. The summed E-state index contributed by atoms with van der Waals surface area (Å²) in [5.41, 5.74) is 0. The van der Waals surface area contributed by atoms with Crippen molar-refractivity contribution in [2.24, 2.45) is 0 Å². The van der Waals surface area contributed by atoms with Gasteiger partial charge in [-0.05, 0) is 51.4 Å². The maximum Gasteiger partial charge on any atom is 0.268 e. The summed E-state index contributed by atoms with van der Waals surface area (Å²) in [6.07, 6.45) is 77.7. The number of amides is 1. The molecule has 0 saturated heterocycles. The lowest BCUT2D eigenvalue weighted by molar-refractivity contribution is -0.870. The van der Waals surface area contributed by atoms with Gasteiger partial charge in [0.25, 0.3) is 7.82 Å². The minimum absolute atomic E-state index is 0.0144. The molecule has 0 aromatic carbocycles. The Morgan fingerprint density at radius 1 is 0.474 bits per heavy atom. The molecule has 0 radical (unpaired) electrons. The van der Waals surface area contributed by atoms with Crippen LogP contribution in [0.1, 0.15) is 322 Å². The van der Waals surface area contributed by atoms with Gasteiger partial charge in [-0.3, -0.25) is 9.36 Å². The monoisotopic (exact) mass is 1090 g/mol. The van der Waals surface area contributed by atoms with E-state index in [-0.39, 0.29) is 19.1 Å². The van der Waals surface area contributed by atoms with Crippen molar-refractivity contribution in [2.45, 2.75) is 334 Å². The van der Waals surface area contributed by atoms with Crippen LogP contribution in [0.3, 0.4) is 0 Å². The summed E-state index contributed by atoms with van der Waals surface area (Å²) >= 11 is 0. The smallest absolute Gasteiger partial charge is 0.268 e. The number of likely N-dealkylation sites (N-methyl/N-ethyl adjacent to an activating group) is 1. The van der Waals surface area contributed by atoms with E-state index in [0.29, 0.717) is 23.9 Å². The first-order valence-corrected chi connectivity index (χ1v) is 34.4. The highest BCUT2D eigenvalue weighted by Crippen LogP contribution is 2.38. The van der Waals surface area contributed by atoms with Crippen molar-refractivity contribution in [1.82, 2.24) is 5.32 Å². The number of aliphatic hydroxyl groups excluding tert-OH is 1. The first-order chi connectivity index (χ1) is 37.0. The number of rotatable bonds is 61. The molecule has 0 fully saturated rings. The molecule has 0 aliphatic carbocycles. The van der Waals surface area contributed by atoms with E-state index in [9.17, 15) is 19.4 Å². The van der Waals surface area contributed by atoms with Crippen molar-refractivity contribution in [2.75, 3.05) is 40.9 Å². The second kappa shape index (κ2) is 58.1. The third kappa shape index (κ3) is 60.1. The number of carbonyl (C=O) groups excluding carboxylic acids is 1. The van der Waals surface area contributed by atoms with Crippen LogP contribution in [0.15, 0.2) is 48.6 Å². The number of nitrogens with one attached hydrogen (secondary N) is 1. The molecule has 1 amide bonds. The third-order valence-corrected chi connectivity index (χ3v) is 16.0. The molecule has 0 aliphatic heterocycles. The molecule has 0 aromatic rings. The van der Waals surface area contributed by atoms with E-state index in [0.717, 1.165) is 64.2 Å². The summed E-state index contributed by atoms with van der Waals surface area (Å²) in [5, 5.41) is 14.0. The number of carbonyl (C=O) groups is 1. The van der Waals surface area contributed by atoms with E-state index in [4.69, 9.17) is 9.05 Å². The SMILES string of the molecule is CC/C=C\C/C=C\C/C=C\C/C=C\CCCCCCCCCCCCCCCCCCCCCCCCCCCCCCC(=O)NC(COP(=O)([O-])OCC[N+](C)(C)C)C(O)CCCCCCCCCCCCCCC. The minimum Gasteiger partial charge on any atom is -0.756 e. The summed E-state index contributed by atoms with van der Waals surface area (Å²) in [5.74, 6) is -0.159. The summed E-state index contributed by atoms with van der Waals surface area (Å²) in [6, 6.07) is -0.797. The van der Waals surface area contributed by atoms with Crippen molar-refractivity contribution in [1.29, 1.82) is 0 Å². The molecule has 2 N–H and O–H groups in total. The Balaban J connectivity index is 3.81. The van der Waals surface area contributed by atoms with Gasteiger partial charge in [0.05, 0.1) is 39.9 Å². The Morgan fingerprint density at radius 2 is 0.803 bits per heavy atom. The number of nitrogens with zero attached hydrogens (tertiary/aromatic N) is 1. The molecule has 0 spiro atoms. The number of aliphatic hydroxyl groups is 1. The Kier molecular flexibility index (Phi) is 56.9. The predicted octanol–water partition coefficient (Wildman–Crippen LogP) is 20.0. The number of phosphoric ester groups is 1. The molecule has 76 heavy (non-hydrogen) atoms. The highest BCUT2D eigenvalue weighted by atomic mass is 31.2. The van der Waals surface area contributed by atoms with Crippen LogP contribution in [0.25, 0.3) is 0 Å².